The van der Waals surface area contributed by atoms with E-state index >= 15 is 0 Å². The molecule has 1 unspecified atom stereocenters. The summed E-state index contributed by atoms with van der Waals surface area (Å²) in [5.74, 6) is -0.476. The van der Waals surface area contributed by atoms with Gasteiger partial charge in [-0.25, -0.2) is 4.68 Å². The Morgan fingerprint density at radius 3 is 2.64 bits per heavy atom. The average Bonchev–Trinajstić information content (AvgIpc) is 3.06. The van der Waals surface area contributed by atoms with Gasteiger partial charge in [-0.15, -0.1) is 0 Å². The van der Waals surface area contributed by atoms with E-state index < -0.39 is 5.97 Å². The maximum atomic E-state index is 12.7. The Morgan fingerprint density at radius 1 is 1.24 bits per heavy atom. The van der Waals surface area contributed by atoms with Gasteiger partial charge in [0.25, 0.3) is 5.91 Å². The second kappa shape index (κ2) is 7.51. The molecule has 0 radical (unpaired) electrons. The molecule has 1 aliphatic rings. The fraction of sp³-hybridized carbons (Fsp3) is 0.421. The number of hydrogen-bond donors (Lipinski definition) is 1. The van der Waals surface area contributed by atoms with Crippen molar-refractivity contribution in [3.8, 4) is 5.69 Å². The molecule has 2 aromatic rings. The normalized spacial score (nSPS) is 17.5. The van der Waals surface area contributed by atoms with E-state index in [9.17, 15) is 9.59 Å². The van der Waals surface area contributed by atoms with Crippen molar-refractivity contribution in [2.75, 3.05) is 13.1 Å². The molecule has 2 heterocycles. The summed E-state index contributed by atoms with van der Waals surface area (Å²) in [5, 5.41) is 13.2. The maximum absolute atomic E-state index is 12.7. The van der Waals surface area contributed by atoms with E-state index in [0.717, 1.165) is 30.8 Å². The summed E-state index contributed by atoms with van der Waals surface area (Å²) in [7, 11) is 0. The molecule has 0 saturated carbocycles. The molecule has 25 heavy (non-hydrogen) atoms. The zero-order chi connectivity index (χ0) is 17.8. The van der Waals surface area contributed by atoms with Crippen LogP contribution in [-0.4, -0.2) is 44.8 Å². The van der Waals surface area contributed by atoms with Gasteiger partial charge in [0.2, 0.25) is 0 Å². The van der Waals surface area contributed by atoms with Crippen molar-refractivity contribution in [1.82, 2.24) is 14.7 Å². The Bertz CT molecular complexity index is 752. The van der Waals surface area contributed by atoms with E-state index in [4.69, 9.17) is 5.11 Å². The van der Waals surface area contributed by atoms with Crippen LogP contribution in [0.1, 0.15) is 41.7 Å². The molecular formula is C19H23N3O3. The number of benzene rings is 1. The van der Waals surface area contributed by atoms with E-state index in [0.29, 0.717) is 18.5 Å². The van der Waals surface area contributed by atoms with Crippen molar-refractivity contribution in [2.45, 2.75) is 32.6 Å². The van der Waals surface area contributed by atoms with Crippen molar-refractivity contribution in [3.05, 3.63) is 47.8 Å². The van der Waals surface area contributed by atoms with Crippen LogP contribution < -0.4 is 0 Å². The molecule has 6 nitrogen and oxygen atoms in total. The van der Waals surface area contributed by atoms with Crippen LogP contribution in [0.25, 0.3) is 5.69 Å². The smallest absolute Gasteiger partial charge is 0.303 e. The van der Waals surface area contributed by atoms with Crippen LogP contribution >= 0.6 is 0 Å². The van der Waals surface area contributed by atoms with E-state index in [1.54, 1.807) is 4.68 Å². The van der Waals surface area contributed by atoms with E-state index in [-0.39, 0.29) is 18.2 Å². The number of aliphatic carboxylic acids is 1. The molecule has 132 valence electrons. The number of amides is 1. The minimum Gasteiger partial charge on any atom is -0.481 e. The van der Waals surface area contributed by atoms with Crippen LogP contribution in [0.5, 0.6) is 0 Å². The molecule has 1 aromatic heterocycles. The van der Waals surface area contributed by atoms with Gasteiger partial charge in [-0.1, -0.05) is 0 Å². The van der Waals surface area contributed by atoms with Crippen LogP contribution in [0.4, 0.5) is 0 Å². The highest BCUT2D eigenvalue weighted by molar-refractivity contribution is 5.94. The van der Waals surface area contributed by atoms with E-state index in [1.165, 1.54) is 0 Å². The third-order valence-corrected chi connectivity index (χ3v) is 4.67. The lowest BCUT2D eigenvalue weighted by Gasteiger charge is -2.32. The topological polar surface area (TPSA) is 75.4 Å². The number of carbonyl (C=O) groups excluding carboxylic acids is 1. The van der Waals surface area contributed by atoms with Crippen LogP contribution in [0.3, 0.4) is 0 Å². The molecule has 1 fully saturated rings. The number of carboxylic acids is 1. The molecule has 1 saturated heterocycles. The number of likely N-dealkylation sites (tertiary alicyclic amines) is 1. The van der Waals surface area contributed by atoms with Gasteiger partial charge in [0.15, 0.2) is 0 Å². The molecule has 6 heteroatoms. The van der Waals surface area contributed by atoms with Crippen molar-refractivity contribution in [1.29, 1.82) is 0 Å². The number of hydrogen-bond acceptors (Lipinski definition) is 3. The van der Waals surface area contributed by atoms with Gasteiger partial charge in [-0.05, 0) is 62.4 Å². The van der Waals surface area contributed by atoms with Crippen molar-refractivity contribution in [2.24, 2.45) is 5.92 Å². The number of nitrogens with zero attached hydrogens (tertiary/aromatic N) is 3. The fourth-order valence-electron chi connectivity index (χ4n) is 3.31. The van der Waals surface area contributed by atoms with Gasteiger partial charge in [-0.3, -0.25) is 9.59 Å². The summed E-state index contributed by atoms with van der Waals surface area (Å²) in [4.78, 5) is 25.3. The number of aryl methyl sites for hydroxylation is 1. The molecule has 1 atom stereocenters. The van der Waals surface area contributed by atoms with Crippen molar-refractivity contribution < 1.29 is 14.7 Å². The predicted molar refractivity (Wildman–Crippen MR) is 93.8 cm³/mol. The molecule has 3 rings (SSSR count). The lowest BCUT2D eigenvalue weighted by molar-refractivity contribution is -0.137. The van der Waals surface area contributed by atoms with Gasteiger partial charge >= 0.3 is 5.97 Å². The summed E-state index contributed by atoms with van der Waals surface area (Å²) >= 11 is 0. The molecule has 0 spiro atoms. The molecule has 1 aliphatic heterocycles. The number of carbonyl (C=O) groups is 2. The van der Waals surface area contributed by atoms with E-state index in [1.807, 2.05) is 48.4 Å². The summed E-state index contributed by atoms with van der Waals surface area (Å²) in [6, 6.07) is 9.38. The van der Waals surface area contributed by atoms with Gasteiger partial charge in [-0.2, -0.15) is 5.10 Å². The second-order valence-electron chi connectivity index (χ2n) is 6.64. The van der Waals surface area contributed by atoms with Gasteiger partial charge in [0, 0.05) is 31.3 Å². The minimum absolute atomic E-state index is 0.0169. The largest absolute Gasteiger partial charge is 0.481 e. The van der Waals surface area contributed by atoms with Gasteiger partial charge in [0.05, 0.1) is 11.4 Å². The summed E-state index contributed by atoms with van der Waals surface area (Å²) < 4.78 is 1.78. The molecule has 0 bridgehead atoms. The van der Waals surface area contributed by atoms with Gasteiger partial charge in [0.1, 0.15) is 0 Å². The Morgan fingerprint density at radius 2 is 2.00 bits per heavy atom. The highest BCUT2D eigenvalue weighted by Crippen LogP contribution is 2.23. The lowest BCUT2D eigenvalue weighted by Crippen LogP contribution is -2.40. The highest BCUT2D eigenvalue weighted by atomic mass is 16.4. The van der Waals surface area contributed by atoms with Crippen LogP contribution in [0, 0.1) is 12.8 Å². The second-order valence-corrected chi connectivity index (χ2v) is 6.64. The standard InChI is InChI=1S/C19H23N3O3/c1-14-10-12-22(20-14)17-7-5-16(6-8-17)19(25)21-11-2-3-15(13-21)4-9-18(23)24/h5-8,10,12,15H,2-4,9,11,13H2,1H3,(H,23,24). The summed E-state index contributed by atoms with van der Waals surface area (Å²) in [6.07, 6.45) is 4.63. The van der Waals surface area contributed by atoms with Crippen molar-refractivity contribution >= 4 is 11.9 Å². The number of rotatable bonds is 5. The van der Waals surface area contributed by atoms with Crippen LogP contribution in [-0.2, 0) is 4.79 Å². The summed E-state index contributed by atoms with van der Waals surface area (Å²) in [6.45, 7) is 3.32. The average molecular weight is 341 g/mol. The molecule has 1 amide bonds. The fourth-order valence-corrected chi connectivity index (χ4v) is 3.31. The number of carboxylic acid groups (broad SMARTS) is 1. The van der Waals surface area contributed by atoms with Crippen LogP contribution in [0.15, 0.2) is 36.5 Å². The molecule has 1 aromatic carbocycles. The molecule has 1 N–H and O–H groups in total. The Kier molecular flexibility index (Phi) is 5.16. The highest BCUT2D eigenvalue weighted by Gasteiger charge is 2.24. The minimum atomic E-state index is -0.770. The quantitative estimate of drug-likeness (QED) is 0.907. The van der Waals surface area contributed by atoms with Crippen molar-refractivity contribution in [3.63, 3.8) is 0 Å². The maximum Gasteiger partial charge on any atom is 0.303 e. The first-order valence-electron chi connectivity index (χ1n) is 8.67. The summed E-state index contributed by atoms with van der Waals surface area (Å²) in [5.41, 5.74) is 2.52. The third-order valence-electron chi connectivity index (χ3n) is 4.67. The number of aromatic nitrogens is 2. The first-order chi connectivity index (χ1) is 12.0. The SMILES string of the molecule is Cc1ccn(-c2ccc(C(=O)N3CCCC(CCC(=O)O)C3)cc2)n1. The predicted octanol–water partition coefficient (Wildman–Crippen LogP) is 2.90. The van der Waals surface area contributed by atoms with Gasteiger partial charge < -0.3 is 10.0 Å². The molecular weight excluding hydrogens is 318 g/mol. The zero-order valence-electron chi connectivity index (χ0n) is 14.4. The molecule has 0 aliphatic carbocycles. The third kappa shape index (κ3) is 4.26. The first kappa shape index (κ1) is 17.2. The lowest BCUT2D eigenvalue weighted by atomic mass is 9.93. The van der Waals surface area contributed by atoms with E-state index in [2.05, 4.69) is 5.10 Å². The monoisotopic (exact) mass is 341 g/mol. The number of piperidine rings is 1. The zero-order valence-corrected chi connectivity index (χ0v) is 14.4. The Balaban J connectivity index is 1.65. The Labute approximate surface area is 147 Å². The van der Waals surface area contributed by atoms with Crippen LogP contribution in [0.2, 0.25) is 0 Å². The first-order valence-corrected chi connectivity index (χ1v) is 8.67. The Hall–Kier alpha value is -2.63.